The number of carbonyl (C=O) groups is 1. The fraction of sp³-hybridized carbons (Fsp3) is 0.0870. The summed E-state index contributed by atoms with van der Waals surface area (Å²) in [5, 5.41) is 3.34. The largest absolute Gasteiger partial charge is 0.416 e. The number of hydrogen-bond donors (Lipinski definition) is 2. The Hall–Kier alpha value is -3.14. The first-order chi connectivity index (χ1) is 16.0. The highest BCUT2D eigenvalue weighted by molar-refractivity contribution is 7.71. The van der Waals surface area contributed by atoms with Crippen molar-refractivity contribution < 1.29 is 18.0 Å². The van der Waals surface area contributed by atoms with E-state index in [1.807, 2.05) is 6.07 Å². The van der Waals surface area contributed by atoms with Gasteiger partial charge < -0.3 is 10.3 Å². The Morgan fingerprint density at radius 1 is 1.06 bits per heavy atom. The van der Waals surface area contributed by atoms with Crippen molar-refractivity contribution in [1.29, 1.82) is 0 Å². The minimum atomic E-state index is -4.63. The fourth-order valence-electron chi connectivity index (χ4n) is 3.37. The van der Waals surface area contributed by atoms with Crippen molar-refractivity contribution >= 4 is 52.2 Å². The summed E-state index contributed by atoms with van der Waals surface area (Å²) < 4.78 is 40.2. The minimum Gasteiger partial charge on any atom is -0.348 e. The molecule has 0 radical (unpaired) electrons. The smallest absolute Gasteiger partial charge is 0.348 e. The standard InChI is InChI=1S/C23H14Cl2F3N3O2S/c24-15-3-1-2-12(8-15)11-29-20(32)13-4-6-16-18(9-13)30-22(34)31(21(16)33)19-10-14(23(26,27)28)5-7-17(19)25/h1-10H,11H2,(H,29,32)(H,30,34). The highest BCUT2D eigenvalue weighted by Crippen LogP contribution is 2.33. The van der Waals surface area contributed by atoms with E-state index in [1.165, 1.54) is 18.2 Å². The van der Waals surface area contributed by atoms with Crippen LogP contribution in [0.2, 0.25) is 10.0 Å². The lowest BCUT2D eigenvalue weighted by Gasteiger charge is -2.13. The minimum absolute atomic E-state index is 0.0778. The first kappa shape index (κ1) is 24.0. The van der Waals surface area contributed by atoms with Crippen molar-refractivity contribution in [2.24, 2.45) is 0 Å². The van der Waals surface area contributed by atoms with Gasteiger partial charge in [0.05, 0.1) is 27.2 Å². The molecule has 0 unspecified atom stereocenters. The van der Waals surface area contributed by atoms with Crippen LogP contribution in [0, 0.1) is 4.77 Å². The van der Waals surface area contributed by atoms with Crippen LogP contribution in [-0.4, -0.2) is 15.5 Å². The van der Waals surface area contributed by atoms with Gasteiger partial charge in [-0.1, -0.05) is 35.3 Å². The van der Waals surface area contributed by atoms with E-state index >= 15 is 0 Å². The number of rotatable bonds is 4. The Morgan fingerprint density at radius 2 is 1.82 bits per heavy atom. The maximum atomic E-state index is 13.2. The van der Waals surface area contributed by atoms with Crippen molar-refractivity contribution in [3.05, 3.63) is 103 Å². The number of amides is 1. The lowest BCUT2D eigenvalue weighted by molar-refractivity contribution is -0.137. The molecule has 0 saturated carbocycles. The van der Waals surface area contributed by atoms with Crippen LogP contribution in [0.5, 0.6) is 0 Å². The van der Waals surface area contributed by atoms with Gasteiger partial charge in [-0.05, 0) is 66.3 Å². The van der Waals surface area contributed by atoms with Gasteiger partial charge in [-0.15, -0.1) is 0 Å². The molecule has 1 amide bonds. The SMILES string of the molecule is O=C(NCc1cccc(Cl)c1)c1ccc2c(=O)n(-c3cc(C(F)(F)F)ccc3Cl)c(=S)[nH]c2c1. The van der Waals surface area contributed by atoms with Gasteiger partial charge in [0.1, 0.15) is 0 Å². The van der Waals surface area contributed by atoms with Crippen molar-refractivity contribution in [1.82, 2.24) is 14.9 Å². The molecule has 34 heavy (non-hydrogen) atoms. The van der Waals surface area contributed by atoms with Crippen LogP contribution >= 0.6 is 35.4 Å². The van der Waals surface area contributed by atoms with Gasteiger partial charge in [-0.2, -0.15) is 13.2 Å². The van der Waals surface area contributed by atoms with E-state index in [0.717, 1.165) is 28.3 Å². The summed E-state index contributed by atoms with van der Waals surface area (Å²) in [7, 11) is 0. The number of fused-ring (bicyclic) bond motifs is 1. The molecule has 0 fully saturated rings. The van der Waals surface area contributed by atoms with E-state index in [0.29, 0.717) is 5.02 Å². The Kier molecular flexibility index (Phi) is 6.53. The molecular weight excluding hydrogens is 510 g/mol. The number of nitrogens with zero attached hydrogens (tertiary/aromatic N) is 1. The average molecular weight is 524 g/mol. The van der Waals surface area contributed by atoms with Crippen molar-refractivity contribution in [3.8, 4) is 5.69 Å². The second kappa shape index (κ2) is 9.25. The highest BCUT2D eigenvalue weighted by atomic mass is 35.5. The number of hydrogen-bond acceptors (Lipinski definition) is 3. The number of halogens is 5. The maximum Gasteiger partial charge on any atom is 0.416 e. The summed E-state index contributed by atoms with van der Waals surface area (Å²) in [6.07, 6.45) is -4.63. The fourth-order valence-corrected chi connectivity index (χ4v) is 4.08. The molecular formula is C23H14Cl2F3N3O2S. The van der Waals surface area contributed by atoms with Crippen LogP contribution in [0.15, 0.2) is 65.5 Å². The zero-order chi connectivity index (χ0) is 24.6. The van der Waals surface area contributed by atoms with Crippen LogP contribution in [-0.2, 0) is 12.7 Å². The Morgan fingerprint density at radius 3 is 2.53 bits per heavy atom. The summed E-state index contributed by atoms with van der Waals surface area (Å²) >= 11 is 17.3. The Balaban J connectivity index is 1.71. The van der Waals surface area contributed by atoms with Gasteiger partial charge in [0.25, 0.3) is 11.5 Å². The van der Waals surface area contributed by atoms with E-state index < -0.39 is 23.2 Å². The van der Waals surface area contributed by atoms with E-state index in [9.17, 15) is 22.8 Å². The normalized spacial score (nSPS) is 11.6. The summed E-state index contributed by atoms with van der Waals surface area (Å²) in [5.41, 5.74) is -0.528. The van der Waals surface area contributed by atoms with E-state index in [1.54, 1.807) is 18.2 Å². The predicted octanol–water partition coefficient (Wildman–Crippen LogP) is 6.30. The topological polar surface area (TPSA) is 66.9 Å². The van der Waals surface area contributed by atoms with Crippen molar-refractivity contribution in [2.75, 3.05) is 0 Å². The summed E-state index contributed by atoms with van der Waals surface area (Å²) in [4.78, 5) is 28.5. The first-order valence-electron chi connectivity index (χ1n) is 9.73. The van der Waals surface area contributed by atoms with E-state index in [-0.39, 0.29) is 38.5 Å². The lowest BCUT2D eigenvalue weighted by Crippen LogP contribution is -2.24. The molecule has 1 heterocycles. The summed E-state index contributed by atoms with van der Waals surface area (Å²) in [6.45, 7) is 0.239. The van der Waals surface area contributed by atoms with Gasteiger partial charge in [-0.25, -0.2) is 0 Å². The van der Waals surface area contributed by atoms with Crippen LogP contribution < -0.4 is 10.9 Å². The molecule has 0 spiro atoms. The van der Waals surface area contributed by atoms with Crippen molar-refractivity contribution in [2.45, 2.75) is 12.7 Å². The van der Waals surface area contributed by atoms with E-state index in [2.05, 4.69) is 10.3 Å². The second-order valence-corrected chi connectivity index (χ2v) is 8.54. The quantitative estimate of drug-likeness (QED) is 0.308. The summed E-state index contributed by atoms with van der Waals surface area (Å²) in [5.74, 6) is -0.397. The number of benzene rings is 3. The Bertz CT molecular complexity index is 1550. The molecule has 1 aromatic heterocycles. The zero-order valence-corrected chi connectivity index (χ0v) is 19.4. The monoisotopic (exact) mass is 523 g/mol. The van der Waals surface area contributed by atoms with Gasteiger partial charge in [0, 0.05) is 17.1 Å². The Labute approximate surface area is 205 Å². The third-order valence-corrected chi connectivity index (χ3v) is 5.86. The van der Waals surface area contributed by atoms with Crippen LogP contribution in [0.3, 0.4) is 0 Å². The maximum absolute atomic E-state index is 13.2. The molecule has 4 aromatic rings. The first-order valence-corrected chi connectivity index (χ1v) is 10.9. The molecule has 0 aliphatic rings. The molecule has 11 heteroatoms. The van der Waals surface area contributed by atoms with Crippen LogP contribution in [0.25, 0.3) is 16.6 Å². The average Bonchev–Trinajstić information content (AvgIpc) is 2.77. The van der Waals surface area contributed by atoms with Gasteiger partial charge in [-0.3, -0.25) is 14.2 Å². The highest BCUT2D eigenvalue weighted by Gasteiger charge is 2.31. The molecule has 0 aliphatic carbocycles. The third-order valence-electron chi connectivity index (χ3n) is 5.02. The van der Waals surface area contributed by atoms with Crippen LogP contribution in [0.4, 0.5) is 13.2 Å². The van der Waals surface area contributed by atoms with E-state index in [4.69, 9.17) is 35.4 Å². The number of aromatic nitrogens is 2. The third kappa shape index (κ3) is 4.86. The lowest BCUT2D eigenvalue weighted by atomic mass is 10.1. The molecule has 4 rings (SSSR count). The second-order valence-electron chi connectivity index (χ2n) is 7.31. The number of carbonyl (C=O) groups excluding carboxylic acids is 1. The molecule has 0 aliphatic heterocycles. The number of alkyl halides is 3. The molecule has 3 aromatic carbocycles. The van der Waals surface area contributed by atoms with Gasteiger partial charge in [0.15, 0.2) is 4.77 Å². The number of H-pyrrole nitrogens is 1. The van der Waals surface area contributed by atoms with Crippen molar-refractivity contribution in [3.63, 3.8) is 0 Å². The van der Waals surface area contributed by atoms with Gasteiger partial charge in [0.2, 0.25) is 0 Å². The molecule has 2 N–H and O–H groups in total. The molecule has 174 valence electrons. The molecule has 0 saturated heterocycles. The number of nitrogens with one attached hydrogen (secondary N) is 2. The summed E-state index contributed by atoms with van der Waals surface area (Å²) in [6, 6.07) is 13.9. The predicted molar refractivity (Wildman–Crippen MR) is 127 cm³/mol. The number of aromatic amines is 1. The molecule has 0 bridgehead atoms. The molecule has 0 atom stereocenters. The molecule has 5 nitrogen and oxygen atoms in total. The zero-order valence-electron chi connectivity index (χ0n) is 17.0. The van der Waals surface area contributed by atoms with Crippen LogP contribution in [0.1, 0.15) is 21.5 Å². The van der Waals surface area contributed by atoms with Gasteiger partial charge >= 0.3 is 6.18 Å².